The van der Waals surface area contributed by atoms with Gasteiger partial charge in [0.05, 0.1) is 6.54 Å². The first kappa shape index (κ1) is 15.5. The summed E-state index contributed by atoms with van der Waals surface area (Å²) in [5.74, 6) is 1.39. The molecule has 2 aromatic heterocycles. The summed E-state index contributed by atoms with van der Waals surface area (Å²) in [6, 6.07) is 4.29. The number of rotatable bonds is 7. The Bertz CT molecular complexity index is 579. The SMILES string of the molecule is CCc1ccc(CNc2nc(N)nc(N(CC)CC)n2)s1. The van der Waals surface area contributed by atoms with Crippen molar-refractivity contribution < 1.29 is 0 Å². The molecule has 0 spiro atoms. The van der Waals surface area contributed by atoms with Gasteiger partial charge in [-0.2, -0.15) is 15.0 Å². The normalized spacial score (nSPS) is 10.6. The van der Waals surface area contributed by atoms with E-state index < -0.39 is 0 Å². The standard InChI is InChI=1S/C14H22N6S/c1-4-10-7-8-11(21-10)9-16-13-17-12(15)18-14(19-13)20(5-2)6-3/h7-8H,4-6,9H2,1-3H3,(H3,15,16,17,18,19). The van der Waals surface area contributed by atoms with Crippen molar-refractivity contribution in [1.82, 2.24) is 15.0 Å². The lowest BCUT2D eigenvalue weighted by Gasteiger charge is -2.18. The van der Waals surface area contributed by atoms with Gasteiger partial charge >= 0.3 is 0 Å². The molecule has 0 fully saturated rings. The van der Waals surface area contributed by atoms with Crippen molar-refractivity contribution in [2.45, 2.75) is 33.7 Å². The molecule has 21 heavy (non-hydrogen) atoms. The van der Waals surface area contributed by atoms with Gasteiger partial charge in [-0.3, -0.25) is 0 Å². The van der Waals surface area contributed by atoms with Gasteiger partial charge in [0.25, 0.3) is 0 Å². The van der Waals surface area contributed by atoms with E-state index in [2.05, 4.69) is 53.2 Å². The number of hydrogen-bond acceptors (Lipinski definition) is 7. The topological polar surface area (TPSA) is 80.0 Å². The predicted octanol–water partition coefficient (Wildman–Crippen LogP) is 2.54. The Balaban J connectivity index is 2.08. The minimum absolute atomic E-state index is 0.245. The summed E-state index contributed by atoms with van der Waals surface area (Å²) in [6.45, 7) is 8.66. The fourth-order valence-corrected chi connectivity index (χ4v) is 2.88. The molecule has 0 amide bonds. The average Bonchev–Trinajstić information content (AvgIpc) is 2.94. The van der Waals surface area contributed by atoms with Gasteiger partial charge in [-0.25, -0.2) is 0 Å². The number of nitrogens with one attached hydrogen (secondary N) is 1. The monoisotopic (exact) mass is 306 g/mol. The molecule has 0 saturated carbocycles. The van der Waals surface area contributed by atoms with Crippen molar-refractivity contribution in [3.05, 3.63) is 21.9 Å². The highest BCUT2D eigenvalue weighted by Crippen LogP contribution is 2.18. The first-order valence-electron chi connectivity index (χ1n) is 7.24. The van der Waals surface area contributed by atoms with Crippen LogP contribution in [0.5, 0.6) is 0 Å². The van der Waals surface area contributed by atoms with Crippen molar-refractivity contribution >= 4 is 29.2 Å². The van der Waals surface area contributed by atoms with Crippen LogP contribution < -0.4 is 16.0 Å². The van der Waals surface area contributed by atoms with Crippen LogP contribution in [-0.2, 0) is 13.0 Å². The van der Waals surface area contributed by atoms with E-state index >= 15 is 0 Å². The smallest absolute Gasteiger partial charge is 0.231 e. The number of nitrogens with zero attached hydrogens (tertiary/aromatic N) is 4. The van der Waals surface area contributed by atoms with Crippen LogP contribution in [0.15, 0.2) is 12.1 Å². The Morgan fingerprint density at radius 1 is 1.10 bits per heavy atom. The molecule has 0 radical (unpaired) electrons. The zero-order valence-corrected chi connectivity index (χ0v) is 13.6. The van der Waals surface area contributed by atoms with E-state index in [4.69, 9.17) is 5.73 Å². The molecular weight excluding hydrogens is 284 g/mol. The number of hydrogen-bond donors (Lipinski definition) is 2. The summed E-state index contributed by atoms with van der Waals surface area (Å²) in [6.07, 6.45) is 1.06. The van der Waals surface area contributed by atoms with Gasteiger partial charge in [-0.1, -0.05) is 6.92 Å². The molecule has 0 aromatic carbocycles. The molecule has 0 atom stereocenters. The van der Waals surface area contributed by atoms with E-state index in [1.807, 2.05) is 4.90 Å². The molecule has 0 aliphatic heterocycles. The van der Waals surface area contributed by atoms with E-state index in [1.165, 1.54) is 9.75 Å². The van der Waals surface area contributed by atoms with E-state index in [1.54, 1.807) is 11.3 Å². The fraction of sp³-hybridized carbons (Fsp3) is 0.500. The number of aromatic nitrogens is 3. The molecule has 2 aromatic rings. The van der Waals surface area contributed by atoms with Crippen molar-refractivity contribution in [2.24, 2.45) is 0 Å². The van der Waals surface area contributed by atoms with Gasteiger partial charge in [-0.15, -0.1) is 11.3 Å². The van der Waals surface area contributed by atoms with Gasteiger partial charge in [0, 0.05) is 22.8 Å². The van der Waals surface area contributed by atoms with Gasteiger partial charge in [-0.05, 0) is 32.4 Å². The Hall–Kier alpha value is -1.89. The molecule has 0 saturated heterocycles. The van der Waals surface area contributed by atoms with Gasteiger partial charge < -0.3 is 16.0 Å². The maximum absolute atomic E-state index is 5.77. The molecule has 6 nitrogen and oxygen atoms in total. The van der Waals surface area contributed by atoms with E-state index in [0.29, 0.717) is 18.4 Å². The molecule has 2 rings (SSSR count). The first-order valence-corrected chi connectivity index (χ1v) is 8.05. The maximum atomic E-state index is 5.77. The maximum Gasteiger partial charge on any atom is 0.231 e. The highest BCUT2D eigenvalue weighted by atomic mass is 32.1. The minimum Gasteiger partial charge on any atom is -0.368 e. The Morgan fingerprint density at radius 3 is 2.43 bits per heavy atom. The zero-order valence-electron chi connectivity index (χ0n) is 12.8. The van der Waals surface area contributed by atoms with Crippen LogP contribution in [0.1, 0.15) is 30.5 Å². The van der Waals surface area contributed by atoms with Gasteiger partial charge in [0.1, 0.15) is 0 Å². The Morgan fingerprint density at radius 2 is 1.81 bits per heavy atom. The average molecular weight is 306 g/mol. The molecule has 114 valence electrons. The summed E-state index contributed by atoms with van der Waals surface area (Å²) in [5, 5.41) is 3.22. The molecule has 0 aliphatic carbocycles. The third-order valence-corrected chi connectivity index (χ3v) is 4.40. The summed E-state index contributed by atoms with van der Waals surface area (Å²) in [5.41, 5.74) is 5.77. The van der Waals surface area contributed by atoms with Crippen LogP contribution in [0.2, 0.25) is 0 Å². The summed E-state index contributed by atoms with van der Waals surface area (Å²) < 4.78 is 0. The lowest BCUT2D eigenvalue weighted by molar-refractivity contribution is 0.814. The third kappa shape index (κ3) is 4.04. The van der Waals surface area contributed by atoms with Crippen LogP contribution in [0.3, 0.4) is 0 Å². The molecule has 0 bridgehead atoms. The predicted molar refractivity (Wildman–Crippen MR) is 88.8 cm³/mol. The van der Waals surface area contributed by atoms with Crippen molar-refractivity contribution in [1.29, 1.82) is 0 Å². The molecular formula is C14H22N6S. The zero-order chi connectivity index (χ0) is 15.2. The van der Waals surface area contributed by atoms with E-state index in [-0.39, 0.29) is 5.95 Å². The number of nitrogens with two attached hydrogens (primary N) is 1. The van der Waals surface area contributed by atoms with Crippen LogP contribution >= 0.6 is 11.3 Å². The third-order valence-electron chi connectivity index (χ3n) is 3.17. The number of thiophene rings is 1. The molecule has 0 unspecified atom stereocenters. The van der Waals surface area contributed by atoms with Crippen molar-refractivity contribution in [3.8, 4) is 0 Å². The second kappa shape index (κ2) is 7.21. The van der Waals surface area contributed by atoms with Gasteiger partial charge in [0.15, 0.2) is 0 Å². The Kier molecular flexibility index (Phi) is 5.32. The second-order valence-electron chi connectivity index (χ2n) is 4.56. The highest BCUT2D eigenvalue weighted by Gasteiger charge is 2.09. The molecule has 0 aliphatic rings. The number of aryl methyl sites for hydroxylation is 1. The largest absolute Gasteiger partial charge is 0.368 e. The van der Waals surface area contributed by atoms with Crippen LogP contribution in [-0.4, -0.2) is 28.0 Å². The van der Waals surface area contributed by atoms with Crippen molar-refractivity contribution in [2.75, 3.05) is 29.0 Å². The molecule has 3 N–H and O–H groups in total. The first-order chi connectivity index (χ1) is 10.2. The van der Waals surface area contributed by atoms with E-state index in [0.717, 1.165) is 19.5 Å². The Labute approximate surface area is 129 Å². The lowest BCUT2D eigenvalue weighted by atomic mass is 10.4. The molecule has 7 heteroatoms. The second-order valence-corrected chi connectivity index (χ2v) is 5.82. The van der Waals surface area contributed by atoms with E-state index in [9.17, 15) is 0 Å². The summed E-state index contributed by atoms with van der Waals surface area (Å²) in [7, 11) is 0. The quantitative estimate of drug-likeness (QED) is 0.818. The van der Waals surface area contributed by atoms with Crippen LogP contribution in [0.25, 0.3) is 0 Å². The fourth-order valence-electron chi connectivity index (χ4n) is 1.98. The summed E-state index contributed by atoms with van der Waals surface area (Å²) >= 11 is 1.80. The van der Waals surface area contributed by atoms with Crippen molar-refractivity contribution in [3.63, 3.8) is 0 Å². The number of anilines is 3. The highest BCUT2D eigenvalue weighted by molar-refractivity contribution is 7.12. The number of nitrogen functional groups attached to an aromatic ring is 1. The molecule has 2 heterocycles. The lowest BCUT2D eigenvalue weighted by Crippen LogP contribution is -2.25. The van der Waals surface area contributed by atoms with Crippen LogP contribution in [0.4, 0.5) is 17.8 Å². The summed E-state index contributed by atoms with van der Waals surface area (Å²) in [4.78, 5) is 17.5. The van der Waals surface area contributed by atoms with Gasteiger partial charge in [0.2, 0.25) is 17.8 Å². The minimum atomic E-state index is 0.245. The van der Waals surface area contributed by atoms with Crippen LogP contribution in [0, 0.1) is 0 Å².